The highest BCUT2D eigenvalue weighted by atomic mass is 16.2. The summed E-state index contributed by atoms with van der Waals surface area (Å²) in [7, 11) is 0. The Morgan fingerprint density at radius 1 is 1.13 bits per heavy atom. The summed E-state index contributed by atoms with van der Waals surface area (Å²) >= 11 is 0. The highest BCUT2D eigenvalue weighted by molar-refractivity contribution is 5.81. The molecule has 0 aliphatic heterocycles. The fourth-order valence-corrected chi connectivity index (χ4v) is 1.32. The van der Waals surface area contributed by atoms with Gasteiger partial charge in [-0.1, -0.05) is 27.7 Å². The highest BCUT2D eigenvalue weighted by Gasteiger charge is 2.15. The molecular weight excluding hydrogens is 188 g/mol. The van der Waals surface area contributed by atoms with E-state index >= 15 is 0 Å². The Kier molecular flexibility index (Phi) is 7.39. The lowest BCUT2D eigenvalue weighted by atomic mass is 10.1. The van der Waals surface area contributed by atoms with Gasteiger partial charge in [0.15, 0.2) is 0 Å². The number of hydrogen-bond donors (Lipinski definition) is 2. The largest absolute Gasteiger partial charge is 0.352 e. The van der Waals surface area contributed by atoms with Gasteiger partial charge in [-0.05, 0) is 32.2 Å². The SMILES string of the molecule is CCC(CC)NC(=O)C(C)NCC(C)C. The summed E-state index contributed by atoms with van der Waals surface area (Å²) in [4.78, 5) is 11.7. The topological polar surface area (TPSA) is 41.1 Å². The summed E-state index contributed by atoms with van der Waals surface area (Å²) in [6, 6.07) is 0.230. The fourth-order valence-electron chi connectivity index (χ4n) is 1.32. The molecule has 0 aliphatic carbocycles. The van der Waals surface area contributed by atoms with Crippen molar-refractivity contribution in [1.82, 2.24) is 10.6 Å². The molecule has 0 rings (SSSR count). The number of carbonyl (C=O) groups excluding carboxylic acids is 1. The van der Waals surface area contributed by atoms with Crippen LogP contribution < -0.4 is 10.6 Å². The molecular formula is C12H26N2O. The second-order valence-corrected chi connectivity index (χ2v) is 4.55. The Hall–Kier alpha value is -0.570. The van der Waals surface area contributed by atoms with Crippen molar-refractivity contribution in [3.63, 3.8) is 0 Å². The van der Waals surface area contributed by atoms with Crippen LogP contribution in [0.25, 0.3) is 0 Å². The van der Waals surface area contributed by atoms with Crippen LogP contribution in [0.5, 0.6) is 0 Å². The van der Waals surface area contributed by atoms with Crippen molar-refractivity contribution in [2.24, 2.45) is 5.92 Å². The minimum Gasteiger partial charge on any atom is -0.352 e. The van der Waals surface area contributed by atoms with Crippen molar-refractivity contribution >= 4 is 5.91 Å². The Bertz CT molecular complexity index is 176. The van der Waals surface area contributed by atoms with Gasteiger partial charge < -0.3 is 10.6 Å². The average molecular weight is 214 g/mol. The van der Waals surface area contributed by atoms with E-state index in [2.05, 4.69) is 38.3 Å². The van der Waals surface area contributed by atoms with E-state index in [9.17, 15) is 4.79 Å². The maximum absolute atomic E-state index is 11.7. The molecule has 1 amide bonds. The van der Waals surface area contributed by atoms with E-state index in [1.807, 2.05) is 6.92 Å². The first-order chi connectivity index (χ1) is 7.01. The monoisotopic (exact) mass is 214 g/mol. The summed E-state index contributed by atoms with van der Waals surface area (Å²) in [5, 5.41) is 6.26. The van der Waals surface area contributed by atoms with Crippen LogP contribution in [-0.2, 0) is 4.79 Å². The third kappa shape index (κ3) is 6.50. The molecule has 1 unspecified atom stereocenters. The Labute approximate surface area is 94.0 Å². The van der Waals surface area contributed by atoms with Crippen LogP contribution in [0.1, 0.15) is 47.5 Å². The van der Waals surface area contributed by atoms with Crippen molar-refractivity contribution in [2.75, 3.05) is 6.54 Å². The summed E-state index contributed by atoms with van der Waals surface area (Å²) in [6.07, 6.45) is 2.00. The van der Waals surface area contributed by atoms with E-state index in [4.69, 9.17) is 0 Å². The van der Waals surface area contributed by atoms with Crippen molar-refractivity contribution in [3.8, 4) is 0 Å². The van der Waals surface area contributed by atoms with E-state index in [1.54, 1.807) is 0 Å². The summed E-state index contributed by atoms with van der Waals surface area (Å²) in [5.74, 6) is 0.692. The molecule has 0 spiro atoms. The summed E-state index contributed by atoms with van der Waals surface area (Å²) in [5.41, 5.74) is 0. The number of hydrogen-bond acceptors (Lipinski definition) is 2. The molecule has 0 aliphatic rings. The molecule has 2 N–H and O–H groups in total. The van der Waals surface area contributed by atoms with Gasteiger partial charge in [-0.15, -0.1) is 0 Å². The van der Waals surface area contributed by atoms with Crippen LogP contribution in [0.15, 0.2) is 0 Å². The van der Waals surface area contributed by atoms with Gasteiger partial charge in [-0.2, -0.15) is 0 Å². The standard InChI is InChI=1S/C12H26N2O/c1-6-11(7-2)14-12(15)10(5)13-8-9(3)4/h9-11,13H,6-8H2,1-5H3,(H,14,15). The van der Waals surface area contributed by atoms with Gasteiger partial charge in [0, 0.05) is 6.04 Å². The maximum atomic E-state index is 11.7. The lowest BCUT2D eigenvalue weighted by Gasteiger charge is -2.20. The summed E-state index contributed by atoms with van der Waals surface area (Å²) < 4.78 is 0. The van der Waals surface area contributed by atoms with Crippen LogP contribution in [0.4, 0.5) is 0 Å². The van der Waals surface area contributed by atoms with E-state index in [-0.39, 0.29) is 11.9 Å². The van der Waals surface area contributed by atoms with Crippen LogP contribution in [0, 0.1) is 5.92 Å². The molecule has 3 nitrogen and oxygen atoms in total. The quantitative estimate of drug-likeness (QED) is 0.680. The smallest absolute Gasteiger partial charge is 0.237 e. The lowest BCUT2D eigenvalue weighted by Crippen LogP contribution is -2.46. The zero-order valence-electron chi connectivity index (χ0n) is 10.8. The molecule has 0 saturated heterocycles. The van der Waals surface area contributed by atoms with Crippen molar-refractivity contribution in [2.45, 2.75) is 59.5 Å². The first-order valence-corrected chi connectivity index (χ1v) is 6.04. The normalized spacial score (nSPS) is 13.3. The van der Waals surface area contributed by atoms with Gasteiger partial charge in [0.25, 0.3) is 0 Å². The van der Waals surface area contributed by atoms with Crippen LogP contribution in [-0.4, -0.2) is 24.5 Å². The van der Waals surface area contributed by atoms with Gasteiger partial charge in [-0.25, -0.2) is 0 Å². The molecule has 0 saturated carbocycles. The molecule has 90 valence electrons. The minimum atomic E-state index is -0.0898. The third-order valence-corrected chi connectivity index (χ3v) is 2.56. The van der Waals surface area contributed by atoms with Crippen molar-refractivity contribution < 1.29 is 4.79 Å². The van der Waals surface area contributed by atoms with Crippen molar-refractivity contribution in [1.29, 1.82) is 0 Å². The second kappa shape index (κ2) is 7.69. The van der Waals surface area contributed by atoms with Gasteiger partial charge in [0.1, 0.15) is 0 Å². The van der Waals surface area contributed by atoms with E-state index in [1.165, 1.54) is 0 Å². The van der Waals surface area contributed by atoms with Crippen molar-refractivity contribution in [3.05, 3.63) is 0 Å². The lowest BCUT2D eigenvalue weighted by molar-refractivity contribution is -0.123. The maximum Gasteiger partial charge on any atom is 0.237 e. The Morgan fingerprint density at radius 3 is 2.07 bits per heavy atom. The van der Waals surface area contributed by atoms with E-state index in [0.717, 1.165) is 19.4 Å². The minimum absolute atomic E-state index is 0.0898. The molecule has 0 aromatic carbocycles. The highest BCUT2D eigenvalue weighted by Crippen LogP contribution is 1.97. The molecule has 15 heavy (non-hydrogen) atoms. The first kappa shape index (κ1) is 14.4. The van der Waals surface area contributed by atoms with E-state index in [0.29, 0.717) is 12.0 Å². The molecule has 0 fully saturated rings. The van der Waals surface area contributed by atoms with Gasteiger partial charge in [0.2, 0.25) is 5.91 Å². The van der Waals surface area contributed by atoms with Gasteiger partial charge in [-0.3, -0.25) is 4.79 Å². The van der Waals surface area contributed by atoms with Crippen LogP contribution in [0.2, 0.25) is 0 Å². The molecule has 0 aromatic rings. The second-order valence-electron chi connectivity index (χ2n) is 4.55. The van der Waals surface area contributed by atoms with Gasteiger partial charge in [0.05, 0.1) is 6.04 Å². The average Bonchev–Trinajstić information content (AvgIpc) is 2.21. The molecule has 0 heterocycles. The number of amides is 1. The Morgan fingerprint density at radius 2 is 1.67 bits per heavy atom. The van der Waals surface area contributed by atoms with Crippen LogP contribution >= 0.6 is 0 Å². The number of rotatable bonds is 7. The Balaban J connectivity index is 3.87. The molecule has 0 radical (unpaired) electrons. The molecule has 1 atom stereocenters. The predicted octanol–water partition coefficient (Wildman–Crippen LogP) is 1.93. The zero-order chi connectivity index (χ0) is 11.8. The number of nitrogens with one attached hydrogen (secondary N) is 2. The molecule has 0 aromatic heterocycles. The molecule has 0 bridgehead atoms. The zero-order valence-corrected chi connectivity index (χ0v) is 10.8. The fraction of sp³-hybridized carbons (Fsp3) is 0.917. The molecule has 3 heteroatoms. The van der Waals surface area contributed by atoms with Crippen LogP contribution in [0.3, 0.4) is 0 Å². The van der Waals surface area contributed by atoms with Gasteiger partial charge >= 0.3 is 0 Å². The first-order valence-electron chi connectivity index (χ1n) is 6.04. The predicted molar refractivity (Wildman–Crippen MR) is 64.8 cm³/mol. The van der Waals surface area contributed by atoms with E-state index < -0.39 is 0 Å². The number of carbonyl (C=O) groups is 1. The third-order valence-electron chi connectivity index (χ3n) is 2.56. The summed E-state index contributed by atoms with van der Waals surface area (Å²) in [6.45, 7) is 11.3.